The lowest BCUT2D eigenvalue weighted by atomic mass is 9.83. The summed E-state index contributed by atoms with van der Waals surface area (Å²) in [7, 11) is 0. The molecule has 0 aliphatic heterocycles. The van der Waals surface area contributed by atoms with Gasteiger partial charge >= 0.3 is 11.9 Å². The predicted octanol–water partition coefficient (Wildman–Crippen LogP) is 2.38. The molecule has 0 saturated heterocycles. The fourth-order valence-corrected chi connectivity index (χ4v) is 2.88. The van der Waals surface area contributed by atoms with Crippen molar-refractivity contribution in [2.24, 2.45) is 11.7 Å². The largest absolute Gasteiger partial charge is 0.391 e. The standard InChI is InChI=1S/C17H24N2O3/c1-12-7-9-14(10-8-12)19-16(13-5-3-2-4-6-13)17(21)22-15(20)11-18/h7-10,13,16,19H,2-6,11,18H2,1H3. The number of carbonyl (C=O) groups is 2. The highest BCUT2D eigenvalue weighted by Crippen LogP contribution is 2.29. The summed E-state index contributed by atoms with van der Waals surface area (Å²) in [5.74, 6) is -1.02. The average molecular weight is 304 g/mol. The molecule has 3 N–H and O–H groups in total. The molecule has 1 atom stereocenters. The molecule has 1 aromatic rings. The number of hydrogen-bond donors (Lipinski definition) is 2. The highest BCUT2D eigenvalue weighted by molar-refractivity contribution is 5.90. The Bertz CT molecular complexity index is 507. The van der Waals surface area contributed by atoms with Gasteiger partial charge in [-0.05, 0) is 37.8 Å². The molecule has 1 fully saturated rings. The Balaban J connectivity index is 2.11. The van der Waals surface area contributed by atoms with E-state index in [1.54, 1.807) is 0 Å². The maximum absolute atomic E-state index is 12.3. The molecular formula is C17H24N2O3. The molecule has 0 heterocycles. The Morgan fingerprint density at radius 2 is 1.86 bits per heavy atom. The molecule has 0 spiro atoms. The van der Waals surface area contributed by atoms with Gasteiger partial charge in [0.25, 0.3) is 0 Å². The van der Waals surface area contributed by atoms with E-state index in [1.807, 2.05) is 31.2 Å². The fraction of sp³-hybridized carbons (Fsp3) is 0.529. The summed E-state index contributed by atoms with van der Waals surface area (Å²) in [5, 5.41) is 3.24. The number of ether oxygens (including phenoxy) is 1. The van der Waals surface area contributed by atoms with Crippen LogP contribution in [0.15, 0.2) is 24.3 Å². The SMILES string of the molecule is Cc1ccc(NC(C(=O)OC(=O)CN)C2CCCCC2)cc1. The van der Waals surface area contributed by atoms with Crippen molar-refractivity contribution in [1.29, 1.82) is 0 Å². The van der Waals surface area contributed by atoms with E-state index in [0.717, 1.165) is 36.9 Å². The number of nitrogens with one attached hydrogen (secondary N) is 1. The number of rotatable bonds is 5. The van der Waals surface area contributed by atoms with Gasteiger partial charge in [-0.1, -0.05) is 37.0 Å². The zero-order valence-electron chi connectivity index (χ0n) is 13.0. The first kappa shape index (κ1) is 16.5. The summed E-state index contributed by atoms with van der Waals surface area (Å²) in [6.07, 6.45) is 5.35. The van der Waals surface area contributed by atoms with Crippen molar-refractivity contribution in [3.63, 3.8) is 0 Å². The van der Waals surface area contributed by atoms with Crippen LogP contribution in [0.25, 0.3) is 0 Å². The number of aryl methyl sites for hydroxylation is 1. The van der Waals surface area contributed by atoms with Crippen LogP contribution < -0.4 is 11.1 Å². The van der Waals surface area contributed by atoms with Crippen LogP contribution in [0.4, 0.5) is 5.69 Å². The quantitative estimate of drug-likeness (QED) is 0.645. The van der Waals surface area contributed by atoms with E-state index in [9.17, 15) is 9.59 Å². The van der Waals surface area contributed by atoms with Crippen molar-refractivity contribution in [2.45, 2.75) is 45.1 Å². The first-order valence-electron chi connectivity index (χ1n) is 7.88. The lowest BCUT2D eigenvalue weighted by molar-refractivity contribution is -0.160. The van der Waals surface area contributed by atoms with Gasteiger partial charge in [-0.2, -0.15) is 0 Å². The van der Waals surface area contributed by atoms with Gasteiger partial charge in [-0.15, -0.1) is 0 Å². The van der Waals surface area contributed by atoms with Crippen LogP contribution >= 0.6 is 0 Å². The van der Waals surface area contributed by atoms with E-state index in [4.69, 9.17) is 10.5 Å². The molecule has 1 aliphatic carbocycles. The van der Waals surface area contributed by atoms with Gasteiger partial charge in [0.05, 0.1) is 6.54 Å². The Labute approximate surface area is 131 Å². The van der Waals surface area contributed by atoms with Crippen LogP contribution in [-0.2, 0) is 14.3 Å². The lowest BCUT2D eigenvalue weighted by Crippen LogP contribution is -2.41. The van der Waals surface area contributed by atoms with Gasteiger partial charge in [0, 0.05) is 5.69 Å². The number of carbonyl (C=O) groups excluding carboxylic acids is 2. The normalized spacial score (nSPS) is 16.8. The minimum Gasteiger partial charge on any atom is -0.391 e. The van der Waals surface area contributed by atoms with E-state index in [1.165, 1.54) is 6.42 Å². The summed E-state index contributed by atoms with van der Waals surface area (Å²) >= 11 is 0. The second-order valence-corrected chi connectivity index (χ2v) is 5.88. The summed E-state index contributed by atoms with van der Waals surface area (Å²) in [4.78, 5) is 23.6. The molecule has 1 aliphatic rings. The molecule has 0 aromatic heterocycles. The number of benzene rings is 1. The molecule has 120 valence electrons. The summed E-state index contributed by atoms with van der Waals surface area (Å²) in [6.45, 7) is 1.73. The Hall–Kier alpha value is -1.88. The number of nitrogens with two attached hydrogens (primary N) is 1. The molecular weight excluding hydrogens is 280 g/mol. The van der Waals surface area contributed by atoms with Gasteiger partial charge < -0.3 is 15.8 Å². The molecule has 0 bridgehead atoms. The van der Waals surface area contributed by atoms with E-state index >= 15 is 0 Å². The Morgan fingerprint density at radius 3 is 2.45 bits per heavy atom. The molecule has 2 rings (SSSR count). The van der Waals surface area contributed by atoms with E-state index in [-0.39, 0.29) is 12.5 Å². The second-order valence-electron chi connectivity index (χ2n) is 5.88. The molecule has 22 heavy (non-hydrogen) atoms. The van der Waals surface area contributed by atoms with E-state index in [2.05, 4.69) is 5.32 Å². The van der Waals surface area contributed by atoms with Crippen molar-refractivity contribution in [3.05, 3.63) is 29.8 Å². The van der Waals surface area contributed by atoms with Gasteiger partial charge in [-0.3, -0.25) is 4.79 Å². The number of anilines is 1. The van der Waals surface area contributed by atoms with E-state index < -0.39 is 18.0 Å². The molecule has 1 aromatic carbocycles. The van der Waals surface area contributed by atoms with Crippen LogP contribution in [0.1, 0.15) is 37.7 Å². The highest BCUT2D eigenvalue weighted by Gasteiger charge is 2.31. The number of esters is 2. The van der Waals surface area contributed by atoms with Crippen LogP contribution in [0.2, 0.25) is 0 Å². The molecule has 0 radical (unpaired) electrons. The Kier molecular flexibility index (Phi) is 5.95. The van der Waals surface area contributed by atoms with Crippen molar-refractivity contribution in [1.82, 2.24) is 0 Å². The minimum atomic E-state index is -0.684. The molecule has 5 heteroatoms. The smallest absolute Gasteiger partial charge is 0.336 e. The maximum Gasteiger partial charge on any atom is 0.336 e. The summed E-state index contributed by atoms with van der Waals surface area (Å²) in [5.41, 5.74) is 7.23. The third-order valence-corrected chi connectivity index (χ3v) is 4.13. The van der Waals surface area contributed by atoms with Gasteiger partial charge in [-0.25, -0.2) is 4.79 Å². The van der Waals surface area contributed by atoms with Crippen molar-refractivity contribution >= 4 is 17.6 Å². The summed E-state index contributed by atoms with van der Waals surface area (Å²) < 4.78 is 4.85. The summed E-state index contributed by atoms with van der Waals surface area (Å²) in [6, 6.07) is 7.33. The first-order chi connectivity index (χ1) is 10.6. The van der Waals surface area contributed by atoms with Crippen LogP contribution in [-0.4, -0.2) is 24.5 Å². The first-order valence-corrected chi connectivity index (χ1v) is 7.88. The van der Waals surface area contributed by atoms with Crippen LogP contribution in [0.3, 0.4) is 0 Å². The van der Waals surface area contributed by atoms with Gasteiger partial charge in [0.15, 0.2) is 0 Å². The average Bonchev–Trinajstić information content (AvgIpc) is 2.54. The van der Waals surface area contributed by atoms with Crippen molar-refractivity contribution in [2.75, 3.05) is 11.9 Å². The number of hydrogen-bond acceptors (Lipinski definition) is 5. The third kappa shape index (κ3) is 4.56. The zero-order chi connectivity index (χ0) is 15.9. The fourth-order valence-electron chi connectivity index (χ4n) is 2.88. The molecule has 0 amide bonds. The molecule has 1 unspecified atom stereocenters. The highest BCUT2D eigenvalue weighted by atomic mass is 16.6. The molecule has 1 saturated carbocycles. The second kappa shape index (κ2) is 7.94. The molecule has 5 nitrogen and oxygen atoms in total. The van der Waals surface area contributed by atoms with Gasteiger partial charge in [0.1, 0.15) is 6.04 Å². The maximum atomic E-state index is 12.3. The van der Waals surface area contributed by atoms with E-state index in [0.29, 0.717) is 0 Å². The topological polar surface area (TPSA) is 81.4 Å². The van der Waals surface area contributed by atoms with Gasteiger partial charge in [0.2, 0.25) is 0 Å². The predicted molar refractivity (Wildman–Crippen MR) is 85.3 cm³/mol. The monoisotopic (exact) mass is 304 g/mol. The van der Waals surface area contributed by atoms with Crippen LogP contribution in [0, 0.1) is 12.8 Å². The lowest BCUT2D eigenvalue weighted by Gasteiger charge is -2.29. The minimum absolute atomic E-state index is 0.188. The zero-order valence-corrected chi connectivity index (χ0v) is 13.0. The Morgan fingerprint density at radius 1 is 1.23 bits per heavy atom. The third-order valence-electron chi connectivity index (χ3n) is 4.13. The van der Waals surface area contributed by atoms with Crippen molar-refractivity contribution in [3.8, 4) is 0 Å². The van der Waals surface area contributed by atoms with Crippen molar-refractivity contribution < 1.29 is 14.3 Å². The van der Waals surface area contributed by atoms with Crippen LogP contribution in [0.5, 0.6) is 0 Å².